The van der Waals surface area contributed by atoms with E-state index >= 15 is 0 Å². The fourth-order valence-electron chi connectivity index (χ4n) is 1.97. The quantitative estimate of drug-likeness (QED) is 0.733. The Kier molecular flexibility index (Phi) is 3.28. The van der Waals surface area contributed by atoms with Crippen molar-refractivity contribution in [1.29, 1.82) is 5.26 Å². The van der Waals surface area contributed by atoms with Crippen molar-refractivity contribution in [1.82, 2.24) is 9.78 Å². The lowest BCUT2D eigenvalue weighted by Gasteiger charge is -2.00. The van der Waals surface area contributed by atoms with Gasteiger partial charge < -0.3 is 4.42 Å². The van der Waals surface area contributed by atoms with Gasteiger partial charge in [-0.15, -0.1) is 0 Å². The summed E-state index contributed by atoms with van der Waals surface area (Å²) >= 11 is 5.88. The summed E-state index contributed by atoms with van der Waals surface area (Å²) < 4.78 is 7.09. The smallest absolute Gasteiger partial charge is 0.154 e. The normalized spacial score (nSPS) is 10.4. The first kappa shape index (κ1) is 12.5. The first-order valence-electron chi connectivity index (χ1n) is 6.03. The molecule has 0 atom stereocenters. The monoisotopic (exact) mass is 283 g/mol. The van der Waals surface area contributed by atoms with Gasteiger partial charge in [0.15, 0.2) is 5.76 Å². The van der Waals surface area contributed by atoms with Gasteiger partial charge in [0.25, 0.3) is 0 Å². The zero-order valence-electron chi connectivity index (χ0n) is 10.5. The molecule has 0 unspecified atom stereocenters. The van der Waals surface area contributed by atoms with E-state index in [0.717, 1.165) is 11.3 Å². The van der Waals surface area contributed by atoms with E-state index in [2.05, 4.69) is 11.2 Å². The maximum absolute atomic E-state index is 8.92. The third-order valence-corrected chi connectivity index (χ3v) is 3.16. The van der Waals surface area contributed by atoms with E-state index in [1.165, 1.54) is 0 Å². The SMILES string of the molecule is N#CCc1cn(-c2ccc(Cl)cc2)nc1-c1ccco1. The van der Waals surface area contributed by atoms with Crippen LogP contribution in [0, 0.1) is 11.3 Å². The van der Waals surface area contributed by atoms with Gasteiger partial charge in [0.1, 0.15) is 5.69 Å². The zero-order valence-corrected chi connectivity index (χ0v) is 11.2. The summed E-state index contributed by atoms with van der Waals surface area (Å²) in [7, 11) is 0. The Hall–Kier alpha value is -2.51. The molecule has 0 saturated carbocycles. The van der Waals surface area contributed by atoms with Crippen molar-refractivity contribution in [3.05, 3.63) is 59.4 Å². The fourth-order valence-corrected chi connectivity index (χ4v) is 2.10. The van der Waals surface area contributed by atoms with E-state index in [9.17, 15) is 0 Å². The van der Waals surface area contributed by atoms with Crippen molar-refractivity contribution in [2.24, 2.45) is 0 Å². The third kappa shape index (κ3) is 2.31. The van der Waals surface area contributed by atoms with Crippen molar-refractivity contribution < 1.29 is 4.42 Å². The van der Waals surface area contributed by atoms with Crippen molar-refractivity contribution in [3.63, 3.8) is 0 Å². The highest BCUT2D eigenvalue weighted by Crippen LogP contribution is 2.24. The third-order valence-electron chi connectivity index (χ3n) is 2.91. The molecule has 5 heteroatoms. The number of hydrogen-bond acceptors (Lipinski definition) is 3. The molecule has 0 fully saturated rings. The van der Waals surface area contributed by atoms with Crippen LogP contribution in [0.2, 0.25) is 5.02 Å². The number of nitriles is 1. The molecule has 0 amide bonds. The Morgan fingerprint density at radius 1 is 1.25 bits per heavy atom. The fraction of sp³-hybridized carbons (Fsp3) is 0.0667. The number of hydrogen-bond donors (Lipinski definition) is 0. The molecule has 0 saturated heterocycles. The molecule has 3 rings (SSSR count). The predicted octanol–water partition coefficient (Wildman–Crippen LogP) is 3.85. The first-order chi connectivity index (χ1) is 9.78. The second kappa shape index (κ2) is 5.24. The molecule has 0 radical (unpaired) electrons. The Balaban J connectivity index is 2.08. The van der Waals surface area contributed by atoms with Gasteiger partial charge in [-0.05, 0) is 36.4 Å². The topological polar surface area (TPSA) is 54.8 Å². The molecule has 0 aliphatic heterocycles. The van der Waals surface area contributed by atoms with Crippen LogP contribution in [-0.4, -0.2) is 9.78 Å². The molecule has 98 valence electrons. The number of nitrogens with zero attached hydrogens (tertiary/aromatic N) is 3. The molecule has 0 bridgehead atoms. The minimum Gasteiger partial charge on any atom is -0.463 e. The Labute approximate surface area is 120 Å². The summed E-state index contributed by atoms with van der Waals surface area (Å²) in [6.07, 6.45) is 3.71. The van der Waals surface area contributed by atoms with Crippen LogP contribution >= 0.6 is 11.6 Å². The van der Waals surface area contributed by atoms with Gasteiger partial charge in [-0.25, -0.2) is 4.68 Å². The van der Waals surface area contributed by atoms with Gasteiger partial charge in [-0.3, -0.25) is 0 Å². The molecule has 4 nitrogen and oxygen atoms in total. The van der Waals surface area contributed by atoms with Crippen molar-refractivity contribution >= 4 is 11.6 Å². The number of furan rings is 1. The van der Waals surface area contributed by atoms with Gasteiger partial charge >= 0.3 is 0 Å². The molecule has 0 N–H and O–H groups in total. The van der Waals surface area contributed by atoms with E-state index in [4.69, 9.17) is 21.3 Å². The lowest BCUT2D eigenvalue weighted by atomic mass is 10.1. The second-order valence-electron chi connectivity index (χ2n) is 4.24. The molecule has 0 aliphatic carbocycles. The lowest BCUT2D eigenvalue weighted by Crippen LogP contribution is -1.93. The van der Waals surface area contributed by atoms with Crippen LogP contribution in [0.3, 0.4) is 0 Å². The van der Waals surface area contributed by atoms with Gasteiger partial charge in [-0.1, -0.05) is 11.6 Å². The minimum atomic E-state index is 0.281. The first-order valence-corrected chi connectivity index (χ1v) is 6.41. The van der Waals surface area contributed by atoms with Crippen LogP contribution in [0.4, 0.5) is 0 Å². The van der Waals surface area contributed by atoms with Gasteiger partial charge in [0.2, 0.25) is 0 Å². The van der Waals surface area contributed by atoms with Crippen LogP contribution in [0.25, 0.3) is 17.1 Å². The highest BCUT2D eigenvalue weighted by molar-refractivity contribution is 6.30. The van der Waals surface area contributed by atoms with Crippen LogP contribution in [0.5, 0.6) is 0 Å². The summed E-state index contributed by atoms with van der Waals surface area (Å²) in [6, 6.07) is 13.1. The Bertz CT molecular complexity index is 752. The summed E-state index contributed by atoms with van der Waals surface area (Å²) in [4.78, 5) is 0. The molecule has 1 aromatic carbocycles. The summed E-state index contributed by atoms with van der Waals surface area (Å²) in [5.74, 6) is 0.656. The second-order valence-corrected chi connectivity index (χ2v) is 4.67. The Morgan fingerprint density at radius 3 is 2.70 bits per heavy atom. The average molecular weight is 284 g/mol. The zero-order chi connectivity index (χ0) is 13.9. The molecule has 20 heavy (non-hydrogen) atoms. The van der Waals surface area contributed by atoms with Gasteiger partial charge in [0.05, 0.1) is 24.4 Å². The molecule has 2 aromatic heterocycles. The van der Waals surface area contributed by atoms with E-state index in [-0.39, 0.29) is 6.42 Å². The lowest BCUT2D eigenvalue weighted by molar-refractivity contribution is 0.578. The Morgan fingerprint density at radius 2 is 2.05 bits per heavy atom. The maximum Gasteiger partial charge on any atom is 0.154 e. The van der Waals surface area contributed by atoms with Crippen molar-refractivity contribution in [2.45, 2.75) is 6.42 Å². The number of rotatable bonds is 3. The molecule has 2 heterocycles. The van der Waals surface area contributed by atoms with E-state index in [0.29, 0.717) is 16.5 Å². The minimum absolute atomic E-state index is 0.281. The number of aromatic nitrogens is 2. The average Bonchev–Trinajstić information content (AvgIpc) is 3.09. The largest absolute Gasteiger partial charge is 0.463 e. The standard InChI is InChI=1S/C15H10ClN3O/c16-12-3-5-13(6-4-12)19-10-11(7-8-17)15(18-19)14-2-1-9-20-14/h1-6,9-10H,7H2. The molecule has 0 spiro atoms. The van der Waals surface area contributed by atoms with Crippen LogP contribution in [-0.2, 0) is 6.42 Å². The van der Waals surface area contributed by atoms with Crippen LogP contribution < -0.4 is 0 Å². The number of halogens is 1. The summed E-state index contributed by atoms with van der Waals surface area (Å²) in [6.45, 7) is 0. The van der Waals surface area contributed by atoms with Gasteiger partial charge in [0, 0.05) is 16.8 Å². The molecule has 3 aromatic rings. The molecular formula is C15H10ClN3O. The molecule has 0 aliphatic rings. The van der Waals surface area contributed by atoms with Crippen molar-refractivity contribution in [2.75, 3.05) is 0 Å². The van der Waals surface area contributed by atoms with E-state index < -0.39 is 0 Å². The van der Waals surface area contributed by atoms with Gasteiger partial charge in [-0.2, -0.15) is 10.4 Å². The maximum atomic E-state index is 8.92. The van der Waals surface area contributed by atoms with E-state index in [1.54, 1.807) is 29.1 Å². The van der Waals surface area contributed by atoms with Crippen LogP contribution in [0.15, 0.2) is 53.3 Å². The number of benzene rings is 1. The summed E-state index contributed by atoms with van der Waals surface area (Å²) in [5.41, 5.74) is 2.40. The predicted molar refractivity (Wildman–Crippen MR) is 75.6 cm³/mol. The highest BCUT2D eigenvalue weighted by atomic mass is 35.5. The van der Waals surface area contributed by atoms with E-state index in [1.807, 2.05) is 24.4 Å². The summed E-state index contributed by atoms with van der Waals surface area (Å²) in [5, 5.41) is 14.1. The van der Waals surface area contributed by atoms with Crippen LogP contribution in [0.1, 0.15) is 5.56 Å². The highest BCUT2D eigenvalue weighted by Gasteiger charge is 2.14. The molecular weight excluding hydrogens is 274 g/mol. The van der Waals surface area contributed by atoms with Crippen molar-refractivity contribution in [3.8, 4) is 23.2 Å².